The molecule has 0 aromatic carbocycles. The van der Waals surface area contributed by atoms with Crippen LogP contribution in [-0.4, -0.2) is 29.2 Å². The highest BCUT2D eigenvalue weighted by Gasteiger charge is 2.37. The molecule has 2 aliphatic carbocycles. The molecule has 0 aromatic rings. The maximum absolute atomic E-state index is 11.8. The Kier molecular flexibility index (Phi) is 2.98. The summed E-state index contributed by atoms with van der Waals surface area (Å²) in [5, 5.41) is 12.4. The molecular weight excluding hydrogens is 192 g/mol. The number of aliphatic hydroxyl groups excluding tert-OH is 1. The molecule has 0 saturated heterocycles. The van der Waals surface area contributed by atoms with E-state index in [1.807, 2.05) is 0 Å². The fraction of sp³-hybridized carbons (Fsp3) is 0.909. The minimum Gasteiger partial charge on any atom is -0.391 e. The minimum atomic E-state index is -0.663. The molecule has 0 aromatic heterocycles. The molecule has 0 radical (unpaired) electrons. The molecule has 1 atom stereocenters. The molecule has 4 heteroatoms. The summed E-state index contributed by atoms with van der Waals surface area (Å²) in [6, 6.07) is 0. The van der Waals surface area contributed by atoms with Crippen LogP contribution in [0.5, 0.6) is 0 Å². The predicted molar refractivity (Wildman–Crippen MR) is 57.1 cm³/mol. The van der Waals surface area contributed by atoms with Gasteiger partial charge in [-0.25, -0.2) is 0 Å². The van der Waals surface area contributed by atoms with Crippen molar-refractivity contribution in [3.8, 4) is 0 Å². The summed E-state index contributed by atoms with van der Waals surface area (Å²) in [4.78, 5) is 11.8. The molecule has 1 amide bonds. The van der Waals surface area contributed by atoms with Crippen LogP contribution in [0.25, 0.3) is 0 Å². The first kappa shape index (κ1) is 10.9. The van der Waals surface area contributed by atoms with E-state index in [2.05, 4.69) is 5.32 Å². The van der Waals surface area contributed by atoms with Gasteiger partial charge in [-0.2, -0.15) is 0 Å². The number of nitrogens with two attached hydrogens (primary N) is 1. The van der Waals surface area contributed by atoms with Crippen LogP contribution in [0.3, 0.4) is 0 Å². The summed E-state index contributed by atoms with van der Waals surface area (Å²) < 4.78 is 0. The van der Waals surface area contributed by atoms with Crippen LogP contribution in [-0.2, 0) is 4.79 Å². The van der Waals surface area contributed by atoms with Gasteiger partial charge in [-0.1, -0.05) is 12.8 Å². The van der Waals surface area contributed by atoms with E-state index in [1.54, 1.807) is 0 Å². The lowest BCUT2D eigenvalue weighted by atomic mass is 9.98. The smallest absolute Gasteiger partial charge is 0.240 e. The van der Waals surface area contributed by atoms with Crippen molar-refractivity contribution in [1.29, 1.82) is 0 Å². The van der Waals surface area contributed by atoms with Gasteiger partial charge in [0.2, 0.25) is 5.91 Å². The number of amides is 1. The van der Waals surface area contributed by atoms with Gasteiger partial charge in [-0.15, -0.1) is 0 Å². The molecular formula is C11H20N2O2. The summed E-state index contributed by atoms with van der Waals surface area (Å²) in [7, 11) is 0. The molecule has 1 unspecified atom stereocenters. The molecule has 2 aliphatic rings. The van der Waals surface area contributed by atoms with E-state index in [0.29, 0.717) is 12.5 Å². The van der Waals surface area contributed by atoms with Gasteiger partial charge in [0.05, 0.1) is 11.6 Å². The number of rotatable bonds is 4. The molecule has 0 heterocycles. The van der Waals surface area contributed by atoms with E-state index in [9.17, 15) is 9.90 Å². The molecule has 15 heavy (non-hydrogen) atoms. The molecule has 0 bridgehead atoms. The van der Waals surface area contributed by atoms with Crippen molar-refractivity contribution in [1.82, 2.24) is 5.32 Å². The van der Waals surface area contributed by atoms with Crippen LogP contribution in [0.2, 0.25) is 0 Å². The first-order chi connectivity index (χ1) is 7.12. The van der Waals surface area contributed by atoms with Crippen molar-refractivity contribution in [3.63, 3.8) is 0 Å². The van der Waals surface area contributed by atoms with Crippen molar-refractivity contribution >= 4 is 5.91 Å². The van der Waals surface area contributed by atoms with Crippen LogP contribution in [0.1, 0.15) is 38.5 Å². The molecule has 2 fully saturated rings. The highest BCUT2D eigenvalue weighted by atomic mass is 16.3. The van der Waals surface area contributed by atoms with Gasteiger partial charge in [-0.3, -0.25) is 4.79 Å². The number of aliphatic hydroxyl groups is 1. The summed E-state index contributed by atoms with van der Waals surface area (Å²) >= 11 is 0. The monoisotopic (exact) mass is 212 g/mol. The lowest BCUT2D eigenvalue weighted by Gasteiger charge is -2.23. The lowest BCUT2D eigenvalue weighted by molar-refractivity contribution is -0.126. The van der Waals surface area contributed by atoms with Crippen LogP contribution in [0.15, 0.2) is 0 Å². The highest BCUT2D eigenvalue weighted by molar-refractivity contribution is 5.86. The molecule has 0 aliphatic heterocycles. The fourth-order valence-corrected chi connectivity index (χ4v) is 2.25. The zero-order valence-corrected chi connectivity index (χ0v) is 9.04. The molecule has 2 rings (SSSR count). The number of carbonyl (C=O) groups excluding carboxylic acids is 1. The zero-order valence-electron chi connectivity index (χ0n) is 9.04. The van der Waals surface area contributed by atoms with Gasteiger partial charge in [0.15, 0.2) is 0 Å². The Morgan fingerprint density at radius 3 is 2.60 bits per heavy atom. The Bertz CT molecular complexity index is 245. The van der Waals surface area contributed by atoms with E-state index >= 15 is 0 Å². The van der Waals surface area contributed by atoms with Gasteiger partial charge in [0.25, 0.3) is 0 Å². The Morgan fingerprint density at radius 1 is 1.47 bits per heavy atom. The minimum absolute atomic E-state index is 0.0836. The number of hydrogen-bond donors (Lipinski definition) is 3. The standard InChI is InChI=1S/C11H20N2O2/c12-11(5-1-2-6-11)10(15)13-7-9(14)8-3-4-8/h8-9,14H,1-7,12H2,(H,13,15). The van der Waals surface area contributed by atoms with Crippen LogP contribution in [0, 0.1) is 5.92 Å². The van der Waals surface area contributed by atoms with Crippen LogP contribution >= 0.6 is 0 Å². The second-order valence-corrected chi connectivity index (χ2v) is 4.98. The normalized spacial score (nSPS) is 26.3. The van der Waals surface area contributed by atoms with Crippen molar-refractivity contribution < 1.29 is 9.90 Å². The van der Waals surface area contributed by atoms with Crippen molar-refractivity contribution in [2.45, 2.75) is 50.2 Å². The fourth-order valence-electron chi connectivity index (χ4n) is 2.25. The van der Waals surface area contributed by atoms with Crippen molar-refractivity contribution in [2.24, 2.45) is 11.7 Å². The maximum Gasteiger partial charge on any atom is 0.240 e. The molecule has 4 nitrogen and oxygen atoms in total. The number of nitrogens with one attached hydrogen (secondary N) is 1. The van der Waals surface area contributed by atoms with Crippen LogP contribution in [0.4, 0.5) is 0 Å². The largest absolute Gasteiger partial charge is 0.391 e. The van der Waals surface area contributed by atoms with Gasteiger partial charge < -0.3 is 16.2 Å². The van der Waals surface area contributed by atoms with Crippen molar-refractivity contribution in [3.05, 3.63) is 0 Å². The van der Waals surface area contributed by atoms with Gasteiger partial charge >= 0.3 is 0 Å². The maximum atomic E-state index is 11.8. The third kappa shape index (κ3) is 2.49. The summed E-state index contributed by atoms with van der Waals surface area (Å²) in [5.74, 6) is 0.322. The zero-order chi connectivity index (χ0) is 10.9. The summed E-state index contributed by atoms with van der Waals surface area (Å²) in [6.07, 6.45) is 5.43. The number of hydrogen-bond acceptors (Lipinski definition) is 3. The van der Waals surface area contributed by atoms with Gasteiger partial charge in [0, 0.05) is 6.54 Å². The highest BCUT2D eigenvalue weighted by Crippen LogP contribution is 2.32. The Balaban J connectivity index is 1.75. The average Bonchev–Trinajstić information content (AvgIpc) is 2.98. The van der Waals surface area contributed by atoms with Gasteiger partial charge in [0.1, 0.15) is 0 Å². The van der Waals surface area contributed by atoms with E-state index < -0.39 is 5.54 Å². The topological polar surface area (TPSA) is 75.4 Å². The quantitative estimate of drug-likeness (QED) is 0.620. The van der Waals surface area contributed by atoms with E-state index in [4.69, 9.17) is 5.73 Å². The summed E-state index contributed by atoms with van der Waals surface area (Å²) in [6.45, 7) is 0.364. The first-order valence-corrected chi connectivity index (χ1v) is 5.87. The Morgan fingerprint density at radius 2 is 2.07 bits per heavy atom. The average molecular weight is 212 g/mol. The molecule has 0 spiro atoms. The Hall–Kier alpha value is -0.610. The van der Waals surface area contributed by atoms with E-state index in [1.165, 1.54) is 0 Å². The lowest BCUT2D eigenvalue weighted by Crippen LogP contribution is -2.53. The molecule has 86 valence electrons. The second kappa shape index (κ2) is 4.10. The Labute approximate surface area is 90.2 Å². The van der Waals surface area contributed by atoms with Crippen LogP contribution < -0.4 is 11.1 Å². The van der Waals surface area contributed by atoms with E-state index in [-0.39, 0.29) is 12.0 Å². The first-order valence-electron chi connectivity index (χ1n) is 5.87. The molecule has 4 N–H and O–H groups in total. The third-order valence-electron chi connectivity index (χ3n) is 3.59. The summed E-state index contributed by atoms with van der Waals surface area (Å²) in [5.41, 5.74) is 5.32. The third-order valence-corrected chi connectivity index (χ3v) is 3.59. The predicted octanol–water partition coefficient (Wildman–Crippen LogP) is 0.145. The van der Waals surface area contributed by atoms with E-state index in [0.717, 1.165) is 38.5 Å². The molecule has 2 saturated carbocycles. The number of carbonyl (C=O) groups is 1. The second-order valence-electron chi connectivity index (χ2n) is 4.98. The van der Waals surface area contributed by atoms with Crippen molar-refractivity contribution in [2.75, 3.05) is 6.54 Å². The SMILES string of the molecule is NC1(C(=O)NCC(O)C2CC2)CCCC1. The van der Waals surface area contributed by atoms with Gasteiger partial charge in [-0.05, 0) is 31.6 Å².